The summed E-state index contributed by atoms with van der Waals surface area (Å²) in [6, 6.07) is 0. The number of hydrogen-bond donors (Lipinski definition) is 8. The molecule has 25 heavy (non-hydrogen) atoms. The van der Waals surface area contributed by atoms with Gasteiger partial charge in [0.1, 0.15) is 48.8 Å². The largest absolute Gasteiger partial charge is 1.00 e. The van der Waals surface area contributed by atoms with Crippen molar-refractivity contribution in [1.29, 1.82) is 0 Å². The van der Waals surface area contributed by atoms with Crippen LogP contribution in [-0.2, 0) is 14.2 Å². The summed E-state index contributed by atoms with van der Waals surface area (Å²) in [7, 11) is 0. The summed E-state index contributed by atoms with van der Waals surface area (Å²) < 4.78 is 15.3. The number of ether oxygens (including phenoxy) is 3. The van der Waals surface area contributed by atoms with Crippen LogP contribution in [0.3, 0.4) is 0 Å². The van der Waals surface area contributed by atoms with Crippen LogP contribution in [0.1, 0.15) is 0 Å². The van der Waals surface area contributed by atoms with Crippen LogP contribution in [0.25, 0.3) is 0 Å². The first-order chi connectivity index (χ1) is 10.8. The molecule has 0 aromatic rings. The molecule has 2 aliphatic heterocycles. The summed E-state index contributed by atoms with van der Waals surface area (Å²) in [5, 5.41) is 76.5. The van der Waals surface area contributed by atoms with E-state index in [1.165, 1.54) is 0 Å². The van der Waals surface area contributed by atoms with E-state index in [2.05, 4.69) is 0 Å². The summed E-state index contributed by atoms with van der Waals surface area (Å²) in [5.41, 5.74) is 0. The minimum absolute atomic E-state index is 0. The fourth-order valence-corrected chi connectivity index (χ4v) is 2.57. The normalized spacial score (nSPS) is 47.5. The molecule has 1 unspecified atom stereocenters. The van der Waals surface area contributed by atoms with Gasteiger partial charge >= 0.3 is 29.6 Å². The Bertz CT molecular complexity index is 390. The van der Waals surface area contributed by atoms with Crippen LogP contribution >= 0.6 is 0 Å². The van der Waals surface area contributed by atoms with E-state index in [1.54, 1.807) is 0 Å². The standard InChI is InChI=1S/C12H22O11.ClH.Na/c13-1-3-5(15)6(16)9(19)12(22-3)23-10-4(2-14)21-11(20)8(18)7(10)17;;/h3-20H,1-2H2;1H;/q;;+1/p-1/t3-,4-,5+,6+,7-,8-,9-,10-,11?,12+;;/m1../s1. The molecule has 0 bridgehead atoms. The molecule has 2 heterocycles. The van der Waals surface area contributed by atoms with Crippen molar-refractivity contribution in [2.75, 3.05) is 13.2 Å². The Labute approximate surface area is 171 Å². The van der Waals surface area contributed by atoms with E-state index in [0.717, 1.165) is 0 Å². The van der Waals surface area contributed by atoms with Crippen molar-refractivity contribution in [3.05, 3.63) is 0 Å². The van der Waals surface area contributed by atoms with Gasteiger partial charge in [-0.25, -0.2) is 0 Å². The SMILES string of the molecule is OC[C@H]1O[C@@H](O[C@H]2[C@H](O)[C@@H](O)C(O)O[C@@H]2CO)[C@H](O)[C@@H](O)[C@H]1O.[Cl-].[Na+]. The van der Waals surface area contributed by atoms with Crippen LogP contribution in [0.4, 0.5) is 0 Å². The summed E-state index contributed by atoms with van der Waals surface area (Å²) >= 11 is 0. The molecular weight excluding hydrogens is 379 g/mol. The first-order valence-electron chi connectivity index (χ1n) is 7.08. The molecule has 2 fully saturated rings. The summed E-state index contributed by atoms with van der Waals surface area (Å²) in [6.07, 6.45) is -15.6. The second-order valence-corrected chi connectivity index (χ2v) is 5.53. The van der Waals surface area contributed by atoms with Gasteiger partial charge in [0.2, 0.25) is 0 Å². The zero-order valence-electron chi connectivity index (χ0n) is 13.4. The topological polar surface area (TPSA) is 190 Å². The molecule has 2 rings (SSSR count). The first-order valence-corrected chi connectivity index (χ1v) is 7.08. The average Bonchev–Trinajstić information content (AvgIpc) is 2.55. The number of halogens is 1. The van der Waals surface area contributed by atoms with E-state index in [9.17, 15) is 35.7 Å². The Morgan fingerprint density at radius 1 is 0.680 bits per heavy atom. The van der Waals surface area contributed by atoms with Crippen LogP contribution in [0.5, 0.6) is 0 Å². The molecule has 13 heteroatoms. The molecule has 2 aliphatic rings. The fourth-order valence-electron chi connectivity index (χ4n) is 2.57. The maximum absolute atomic E-state index is 9.94. The van der Waals surface area contributed by atoms with E-state index in [0.29, 0.717) is 0 Å². The van der Waals surface area contributed by atoms with E-state index < -0.39 is 74.6 Å². The molecule has 0 aromatic heterocycles. The third-order valence-corrected chi connectivity index (χ3v) is 3.98. The van der Waals surface area contributed by atoms with Gasteiger partial charge in [-0.1, -0.05) is 0 Å². The van der Waals surface area contributed by atoms with Crippen LogP contribution in [-0.4, -0.2) is 115 Å². The quantitative estimate of drug-likeness (QED) is 0.209. The monoisotopic (exact) mass is 400 g/mol. The smallest absolute Gasteiger partial charge is 1.00 e. The van der Waals surface area contributed by atoms with E-state index in [4.69, 9.17) is 19.3 Å². The zero-order chi connectivity index (χ0) is 17.3. The Hall–Kier alpha value is 0.850. The molecule has 0 saturated carbocycles. The second kappa shape index (κ2) is 11.0. The van der Waals surface area contributed by atoms with Gasteiger partial charge in [-0.15, -0.1) is 0 Å². The van der Waals surface area contributed by atoms with Crippen LogP contribution in [0.2, 0.25) is 0 Å². The molecule has 10 atom stereocenters. The van der Waals surface area contributed by atoms with E-state index in [-0.39, 0.29) is 42.0 Å². The third kappa shape index (κ3) is 5.44. The predicted octanol–water partition coefficient (Wildman–Crippen LogP) is -11.4. The number of aliphatic hydroxyl groups excluding tert-OH is 8. The van der Waals surface area contributed by atoms with Gasteiger partial charge in [-0.3, -0.25) is 0 Å². The van der Waals surface area contributed by atoms with Gasteiger partial charge in [0, 0.05) is 0 Å². The fraction of sp³-hybridized carbons (Fsp3) is 1.00. The second-order valence-electron chi connectivity index (χ2n) is 5.53. The molecular formula is C12H22ClNaO11. The van der Waals surface area contributed by atoms with Gasteiger partial charge in [0.25, 0.3) is 0 Å². The average molecular weight is 401 g/mol. The van der Waals surface area contributed by atoms with Gasteiger partial charge in [0.15, 0.2) is 12.6 Å². The minimum Gasteiger partial charge on any atom is -1.00 e. The molecule has 0 aliphatic carbocycles. The maximum Gasteiger partial charge on any atom is 1.00 e. The molecule has 11 nitrogen and oxygen atoms in total. The van der Waals surface area contributed by atoms with Crippen molar-refractivity contribution in [3.63, 3.8) is 0 Å². The summed E-state index contributed by atoms with van der Waals surface area (Å²) in [4.78, 5) is 0. The molecule has 0 spiro atoms. The van der Waals surface area contributed by atoms with Crippen LogP contribution in [0, 0.1) is 0 Å². The molecule has 0 aromatic carbocycles. The Kier molecular flexibility index (Phi) is 11.4. The van der Waals surface area contributed by atoms with Crippen molar-refractivity contribution >= 4 is 0 Å². The van der Waals surface area contributed by atoms with Crippen molar-refractivity contribution in [1.82, 2.24) is 0 Å². The van der Waals surface area contributed by atoms with Gasteiger partial charge in [-0.2, -0.15) is 0 Å². The number of aliphatic hydroxyl groups is 8. The van der Waals surface area contributed by atoms with Gasteiger partial charge in [-0.05, 0) is 0 Å². The van der Waals surface area contributed by atoms with Crippen molar-refractivity contribution < 1.29 is 97.0 Å². The zero-order valence-corrected chi connectivity index (χ0v) is 16.1. The molecule has 0 amide bonds. The minimum atomic E-state index is -1.74. The Morgan fingerprint density at radius 2 is 1.24 bits per heavy atom. The van der Waals surface area contributed by atoms with Crippen LogP contribution < -0.4 is 42.0 Å². The van der Waals surface area contributed by atoms with E-state index in [1.807, 2.05) is 0 Å². The van der Waals surface area contributed by atoms with E-state index >= 15 is 0 Å². The molecule has 144 valence electrons. The summed E-state index contributed by atoms with van der Waals surface area (Å²) in [6.45, 7) is -1.35. The van der Waals surface area contributed by atoms with Gasteiger partial charge in [0.05, 0.1) is 13.2 Å². The third-order valence-electron chi connectivity index (χ3n) is 3.98. The first kappa shape index (κ1) is 25.9. The van der Waals surface area contributed by atoms with Crippen molar-refractivity contribution in [3.8, 4) is 0 Å². The molecule has 0 radical (unpaired) electrons. The summed E-state index contributed by atoms with van der Waals surface area (Å²) in [5.74, 6) is 0. The van der Waals surface area contributed by atoms with Crippen LogP contribution in [0.15, 0.2) is 0 Å². The maximum atomic E-state index is 9.94. The predicted molar refractivity (Wildman–Crippen MR) is 68.6 cm³/mol. The Morgan fingerprint density at radius 3 is 1.76 bits per heavy atom. The number of rotatable bonds is 4. The van der Waals surface area contributed by atoms with Gasteiger partial charge < -0.3 is 67.5 Å². The molecule has 2 saturated heterocycles. The Balaban J connectivity index is 0.00000288. The molecule has 8 N–H and O–H groups in total. The van der Waals surface area contributed by atoms with Crippen molar-refractivity contribution in [2.24, 2.45) is 0 Å². The number of hydrogen-bond acceptors (Lipinski definition) is 11. The van der Waals surface area contributed by atoms with Crippen molar-refractivity contribution in [2.45, 2.75) is 61.4 Å².